The predicted octanol–water partition coefficient (Wildman–Crippen LogP) is 2.71. The van der Waals surface area contributed by atoms with Gasteiger partial charge >= 0.3 is 0 Å². The monoisotopic (exact) mass is 352 g/mol. The van der Waals surface area contributed by atoms with Gasteiger partial charge in [0.15, 0.2) is 5.69 Å². The van der Waals surface area contributed by atoms with Crippen LogP contribution >= 0.6 is 0 Å². The van der Waals surface area contributed by atoms with Gasteiger partial charge in [-0.25, -0.2) is 14.5 Å². The van der Waals surface area contributed by atoms with Crippen LogP contribution in [0.2, 0.25) is 0 Å². The quantitative estimate of drug-likeness (QED) is 0.579. The van der Waals surface area contributed by atoms with Crippen molar-refractivity contribution in [3.8, 4) is 0 Å². The molecule has 0 unspecified atom stereocenters. The average Bonchev–Trinajstić information content (AvgIpc) is 2.67. The van der Waals surface area contributed by atoms with Crippen molar-refractivity contribution in [3.63, 3.8) is 0 Å². The minimum Gasteiger partial charge on any atom is -0.267 e. The van der Waals surface area contributed by atoms with Crippen LogP contribution in [-0.2, 0) is 6.54 Å². The van der Waals surface area contributed by atoms with E-state index in [-0.39, 0.29) is 17.1 Å². The molecule has 1 N–H and O–H groups in total. The Morgan fingerprint density at radius 2 is 1.81 bits per heavy atom. The average molecular weight is 352 g/mol. The zero-order chi connectivity index (χ0) is 18.7. The molecule has 0 bridgehead atoms. The molecule has 1 heterocycles. The van der Waals surface area contributed by atoms with Gasteiger partial charge in [-0.2, -0.15) is 10.2 Å². The number of hydrogen-bond donors (Lipinski definition) is 1. The van der Waals surface area contributed by atoms with E-state index in [2.05, 4.69) is 15.6 Å². The van der Waals surface area contributed by atoms with E-state index < -0.39 is 5.91 Å². The number of carbonyl (C=O) groups excluding carboxylic acids is 1. The van der Waals surface area contributed by atoms with Gasteiger partial charge < -0.3 is 0 Å². The minimum absolute atomic E-state index is 0.123. The number of carbonyl (C=O) groups is 1. The van der Waals surface area contributed by atoms with Gasteiger partial charge in [0.25, 0.3) is 11.5 Å². The van der Waals surface area contributed by atoms with Crippen LogP contribution in [0.15, 0.2) is 58.4 Å². The minimum atomic E-state index is -0.523. The topological polar surface area (TPSA) is 76.3 Å². The van der Waals surface area contributed by atoms with Gasteiger partial charge in [0.05, 0.1) is 11.1 Å². The maximum Gasteiger partial charge on any atom is 0.292 e. The molecule has 0 spiro atoms. The van der Waals surface area contributed by atoms with Gasteiger partial charge in [0.1, 0.15) is 5.82 Å². The molecule has 132 valence electrons. The smallest absolute Gasteiger partial charge is 0.267 e. The third-order valence-electron chi connectivity index (χ3n) is 3.97. The van der Waals surface area contributed by atoms with E-state index in [1.165, 1.54) is 16.8 Å². The lowest BCUT2D eigenvalue weighted by molar-refractivity contribution is 0.0949. The summed E-state index contributed by atoms with van der Waals surface area (Å²) in [6.45, 7) is 3.83. The summed E-state index contributed by atoms with van der Waals surface area (Å²) in [5.74, 6) is -0.868. The van der Waals surface area contributed by atoms with E-state index in [9.17, 15) is 14.0 Å². The van der Waals surface area contributed by atoms with E-state index in [0.29, 0.717) is 28.6 Å². The summed E-state index contributed by atoms with van der Waals surface area (Å²) >= 11 is 0. The number of hydrogen-bond acceptors (Lipinski definition) is 4. The first kappa shape index (κ1) is 17.5. The number of rotatable bonds is 4. The summed E-state index contributed by atoms with van der Waals surface area (Å²) in [5.41, 5.74) is 3.53. The maximum absolute atomic E-state index is 13.0. The summed E-state index contributed by atoms with van der Waals surface area (Å²) < 4.78 is 14.2. The van der Waals surface area contributed by atoms with E-state index in [4.69, 9.17) is 0 Å². The molecule has 0 aliphatic heterocycles. The van der Waals surface area contributed by atoms with Gasteiger partial charge in [-0.05, 0) is 37.6 Å². The zero-order valence-electron chi connectivity index (χ0n) is 14.4. The maximum atomic E-state index is 13.0. The summed E-state index contributed by atoms with van der Waals surface area (Å²) in [4.78, 5) is 24.9. The van der Waals surface area contributed by atoms with E-state index in [1.807, 2.05) is 0 Å². The summed E-state index contributed by atoms with van der Waals surface area (Å²) in [7, 11) is 0. The molecule has 7 heteroatoms. The molecule has 2 aromatic carbocycles. The van der Waals surface area contributed by atoms with Crippen LogP contribution in [0, 0.1) is 5.82 Å². The summed E-state index contributed by atoms with van der Waals surface area (Å²) in [5, 5.41) is 9.10. The van der Waals surface area contributed by atoms with Gasteiger partial charge in [0, 0.05) is 11.9 Å². The Balaban J connectivity index is 1.95. The molecular formula is C19H17FN4O2. The molecule has 0 aliphatic carbocycles. The summed E-state index contributed by atoms with van der Waals surface area (Å²) in [6, 6.07) is 12.6. The summed E-state index contributed by atoms with van der Waals surface area (Å²) in [6.07, 6.45) is 0. The van der Waals surface area contributed by atoms with Crippen LogP contribution in [0.1, 0.15) is 29.9 Å². The van der Waals surface area contributed by atoms with Crippen LogP contribution < -0.4 is 11.0 Å². The fourth-order valence-electron chi connectivity index (χ4n) is 2.56. The van der Waals surface area contributed by atoms with Gasteiger partial charge in [-0.3, -0.25) is 9.59 Å². The Morgan fingerprint density at radius 1 is 1.15 bits per heavy atom. The van der Waals surface area contributed by atoms with Crippen molar-refractivity contribution < 1.29 is 9.18 Å². The van der Waals surface area contributed by atoms with Crippen molar-refractivity contribution in [1.29, 1.82) is 0 Å². The van der Waals surface area contributed by atoms with Crippen LogP contribution in [0.5, 0.6) is 0 Å². The van der Waals surface area contributed by atoms with Crippen LogP contribution in [0.4, 0.5) is 4.39 Å². The van der Waals surface area contributed by atoms with Crippen molar-refractivity contribution >= 4 is 22.4 Å². The van der Waals surface area contributed by atoms with Crippen LogP contribution in [0.25, 0.3) is 10.8 Å². The predicted molar refractivity (Wildman–Crippen MR) is 97.8 cm³/mol. The fourth-order valence-corrected chi connectivity index (χ4v) is 2.56. The molecule has 3 rings (SSSR count). The number of aromatic nitrogens is 2. The SMILES string of the molecule is CCn1nc(C(=O)N/N=C(/C)c2ccc(F)cc2)c2ccccc2c1=O. The molecular weight excluding hydrogens is 335 g/mol. The normalized spacial score (nSPS) is 11.6. The Kier molecular flexibility index (Phi) is 4.88. The largest absolute Gasteiger partial charge is 0.292 e. The second-order valence-corrected chi connectivity index (χ2v) is 5.66. The highest BCUT2D eigenvalue weighted by molar-refractivity contribution is 6.06. The lowest BCUT2D eigenvalue weighted by Crippen LogP contribution is -2.28. The number of hydrazone groups is 1. The Morgan fingerprint density at radius 3 is 2.46 bits per heavy atom. The first-order valence-corrected chi connectivity index (χ1v) is 8.11. The molecule has 0 saturated heterocycles. The van der Waals surface area contributed by atoms with E-state index in [1.54, 1.807) is 50.2 Å². The zero-order valence-corrected chi connectivity index (χ0v) is 14.4. The third kappa shape index (κ3) is 3.37. The first-order chi connectivity index (χ1) is 12.5. The highest BCUT2D eigenvalue weighted by Crippen LogP contribution is 2.13. The van der Waals surface area contributed by atoms with Gasteiger partial charge in [0.2, 0.25) is 0 Å². The second-order valence-electron chi connectivity index (χ2n) is 5.66. The Bertz CT molecular complexity index is 1060. The Labute approximate surface area is 149 Å². The molecule has 0 radical (unpaired) electrons. The van der Waals surface area contributed by atoms with Gasteiger partial charge in [-0.15, -0.1) is 0 Å². The molecule has 26 heavy (non-hydrogen) atoms. The molecule has 0 saturated carbocycles. The second kappa shape index (κ2) is 7.26. The van der Waals surface area contributed by atoms with E-state index in [0.717, 1.165) is 0 Å². The molecule has 0 atom stereocenters. The molecule has 0 fully saturated rings. The number of amides is 1. The number of nitrogens with zero attached hydrogens (tertiary/aromatic N) is 3. The third-order valence-corrected chi connectivity index (χ3v) is 3.97. The number of aryl methyl sites for hydroxylation is 1. The molecule has 6 nitrogen and oxygen atoms in total. The molecule has 3 aromatic rings. The lowest BCUT2D eigenvalue weighted by atomic mass is 10.1. The number of fused-ring (bicyclic) bond motifs is 1. The first-order valence-electron chi connectivity index (χ1n) is 8.11. The van der Waals surface area contributed by atoms with Crippen molar-refractivity contribution in [1.82, 2.24) is 15.2 Å². The van der Waals surface area contributed by atoms with Crippen molar-refractivity contribution in [2.45, 2.75) is 20.4 Å². The van der Waals surface area contributed by atoms with Crippen LogP contribution in [-0.4, -0.2) is 21.4 Å². The molecule has 1 aromatic heterocycles. The standard InChI is InChI=1S/C19H17FN4O2/c1-3-24-19(26)16-7-5-4-6-15(16)17(23-24)18(25)22-21-12(2)13-8-10-14(20)11-9-13/h4-11H,3H2,1-2H3,(H,22,25)/b21-12-. The molecule has 1 amide bonds. The highest BCUT2D eigenvalue weighted by atomic mass is 19.1. The van der Waals surface area contributed by atoms with Crippen LogP contribution in [0.3, 0.4) is 0 Å². The number of nitrogens with one attached hydrogen (secondary N) is 1. The van der Waals surface area contributed by atoms with E-state index >= 15 is 0 Å². The number of benzene rings is 2. The van der Waals surface area contributed by atoms with Gasteiger partial charge in [-0.1, -0.05) is 30.3 Å². The number of halogens is 1. The molecule has 0 aliphatic rings. The van der Waals surface area contributed by atoms with Crippen molar-refractivity contribution in [3.05, 3.63) is 76.0 Å². The lowest BCUT2D eigenvalue weighted by Gasteiger charge is -2.09. The highest BCUT2D eigenvalue weighted by Gasteiger charge is 2.16. The Hall–Kier alpha value is -3.35. The fraction of sp³-hybridized carbons (Fsp3) is 0.158. The van der Waals surface area contributed by atoms with Crippen molar-refractivity contribution in [2.75, 3.05) is 0 Å². The van der Waals surface area contributed by atoms with Crippen molar-refractivity contribution in [2.24, 2.45) is 5.10 Å².